The highest BCUT2D eigenvalue weighted by molar-refractivity contribution is 7.92. The molecule has 1 saturated heterocycles. The molecule has 19 heavy (non-hydrogen) atoms. The largest absolute Gasteiger partial charge is 0.351 e. The first-order chi connectivity index (χ1) is 8.93. The summed E-state index contributed by atoms with van der Waals surface area (Å²) in [6.45, 7) is 1.97. The van der Waals surface area contributed by atoms with Crippen LogP contribution in [0.5, 0.6) is 0 Å². The van der Waals surface area contributed by atoms with Crippen LogP contribution in [-0.2, 0) is 9.84 Å². The van der Waals surface area contributed by atoms with Gasteiger partial charge < -0.3 is 10.6 Å². The van der Waals surface area contributed by atoms with Crippen LogP contribution in [0.1, 0.15) is 9.67 Å². The fourth-order valence-electron chi connectivity index (χ4n) is 1.59. The van der Waals surface area contributed by atoms with Gasteiger partial charge in [-0.1, -0.05) is 0 Å². The van der Waals surface area contributed by atoms with Crippen LogP contribution in [0.2, 0.25) is 0 Å². The summed E-state index contributed by atoms with van der Waals surface area (Å²) in [5.74, 6) is -3.84. The van der Waals surface area contributed by atoms with Crippen LogP contribution in [0.25, 0.3) is 0 Å². The molecule has 106 valence electrons. The number of rotatable bonds is 5. The van der Waals surface area contributed by atoms with Gasteiger partial charge in [0.1, 0.15) is 4.88 Å². The molecule has 0 saturated carbocycles. The van der Waals surface area contributed by atoms with E-state index in [4.69, 9.17) is 0 Å². The first-order valence-corrected chi connectivity index (χ1v) is 7.94. The molecule has 2 heterocycles. The van der Waals surface area contributed by atoms with Crippen molar-refractivity contribution in [2.45, 2.75) is 10.7 Å². The molecule has 1 aliphatic rings. The van der Waals surface area contributed by atoms with Gasteiger partial charge in [0.2, 0.25) is 9.84 Å². The van der Waals surface area contributed by atoms with Gasteiger partial charge in [0.25, 0.3) is 5.91 Å². The minimum Gasteiger partial charge on any atom is -0.351 e. The molecule has 0 bridgehead atoms. The molecule has 1 fully saturated rings. The lowest BCUT2D eigenvalue weighted by atomic mass is 10.0. The highest BCUT2D eigenvalue weighted by Crippen LogP contribution is 2.26. The van der Waals surface area contributed by atoms with Crippen molar-refractivity contribution in [3.05, 3.63) is 16.3 Å². The Morgan fingerprint density at radius 2 is 2.21 bits per heavy atom. The second-order valence-electron chi connectivity index (χ2n) is 4.15. The number of nitrogens with one attached hydrogen (secondary N) is 2. The molecule has 1 aromatic rings. The van der Waals surface area contributed by atoms with Gasteiger partial charge in [0.15, 0.2) is 0 Å². The van der Waals surface area contributed by atoms with Gasteiger partial charge in [-0.05, 0) is 11.4 Å². The Balaban J connectivity index is 2.12. The van der Waals surface area contributed by atoms with Gasteiger partial charge in [0.05, 0.1) is 4.90 Å². The monoisotopic (exact) mass is 310 g/mol. The van der Waals surface area contributed by atoms with Crippen LogP contribution >= 0.6 is 11.3 Å². The standard InChI is InChI=1S/C10H12F2N2O3S2/c11-10(12)19(16,17)7-1-2-18-8(7)9(15)14-5-6-3-13-4-6/h1-2,6,10,13H,3-5H2,(H,14,15). The van der Waals surface area contributed by atoms with Crippen molar-refractivity contribution in [1.29, 1.82) is 0 Å². The number of sulfone groups is 1. The van der Waals surface area contributed by atoms with Gasteiger partial charge in [-0.3, -0.25) is 4.79 Å². The predicted octanol–water partition coefficient (Wildman–Crippen LogP) is 0.694. The Kier molecular flexibility index (Phi) is 4.16. The second kappa shape index (κ2) is 5.51. The average Bonchev–Trinajstić information content (AvgIpc) is 2.75. The zero-order chi connectivity index (χ0) is 14.0. The molecule has 0 radical (unpaired) electrons. The number of alkyl halides is 2. The van der Waals surface area contributed by atoms with Gasteiger partial charge in [-0.25, -0.2) is 8.42 Å². The van der Waals surface area contributed by atoms with E-state index in [0.29, 0.717) is 12.5 Å². The average molecular weight is 310 g/mol. The Hall–Kier alpha value is -1.06. The fourth-order valence-corrected chi connectivity index (χ4v) is 3.68. The third-order valence-electron chi connectivity index (χ3n) is 2.79. The molecule has 0 aliphatic carbocycles. The summed E-state index contributed by atoms with van der Waals surface area (Å²) in [6, 6.07) is 1.03. The summed E-state index contributed by atoms with van der Waals surface area (Å²) in [7, 11) is -4.74. The first-order valence-electron chi connectivity index (χ1n) is 5.51. The lowest BCUT2D eigenvalue weighted by Gasteiger charge is -2.27. The molecule has 5 nitrogen and oxygen atoms in total. The second-order valence-corrected chi connectivity index (χ2v) is 6.96. The molecule has 0 aromatic carbocycles. The summed E-state index contributed by atoms with van der Waals surface area (Å²) in [4.78, 5) is 11.0. The van der Waals surface area contributed by atoms with Gasteiger partial charge in [-0.15, -0.1) is 11.3 Å². The maximum Gasteiger partial charge on any atom is 0.341 e. The number of amides is 1. The van der Waals surface area contributed by atoms with Crippen molar-refractivity contribution in [2.24, 2.45) is 5.92 Å². The molecule has 1 amide bonds. The van der Waals surface area contributed by atoms with E-state index >= 15 is 0 Å². The molecule has 0 unspecified atom stereocenters. The van der Waals surface area contributed by atoms with Crippen molar-refractivity contribution < 1.29 is 22.0 Å². The van der Waals surface area contributed by atoms with Crippen LogP contribution < -0.4 is 10.6 Å². The quantitative estimate of drug-likeness (QED) is 0.839. The molecule has 9 heteroatoms. The summed E-state index contributed by atoms with van der Waals surface area (Å²) in [6.07, 6.45) is 0. The van der Waals surface area contributed by atoms with E-state index in [9.17, 15) is 22.0 Å². The summed E-state index contributed by atoms with van der Waals surface area (Å²) < 4.78 is 47.7. The van der Waals surface area contributed by atoms with Crippen molar-refractivity contribution in [1.82, 2.24) is 10.6 Å². The van der Waals surface area contributed by atoms with Gasteiger partial charge in [-0.2, -0.15) is 8.78 Å². The van der Waals surface area contributed by atoms with Crippen LogP contribution in [0.3, 0.4) is 0 Å². The van der Waals surface area contributed by atoms with E-state index in [0.717, 1.165) is 30.5 Å². The normalized spacial score (nSPS) is 16.4. The number of hydrogen-bond donors (Lipinski definition) is 2. The smallest absolute Gasteiger partial charge is 0.341 e. The lowest BCUT2D eigenvalue weighted by Crippen LogP contribution is -2.48. The zero-order valence-corrected chi connectivity index (χ0v) is 11.4. The van der Waals surface area contributed by atoms with Crippen LogP contribution in [-0.4, -0.2) is 39.7 Å². The van der Waals surface area contributed by atoms with Gasteiger partial charge in [0, 0.05) is 25.6 Å². The van der Waals surface area contributed by atoms with Crippen LogP contribution in [0.15, 0.2) is 16.3 Å². The minimum atomic E-state index is -4.74. The SMILES string of the molecule is O=C(NCC1CNC1)c1sccc1S(=O)(=O)C(F)F. The predicted molar refractivity (Wildman–Crippen MR) is 66.2 cm³/mol. The van der Waals surface area contributed by atoms with Crippen molar-refractivity contribution in [2.75, 3.05) is 19.6 Å². The van der Waals surface area contributed by atoms with Crippen LogP contribution in [0.4, 0.5) is 8.78 Å². The molecule has 0 atom stereocenters. The van der Waals surface area contributed by atoms with Crippen molar-refractivity contribution in [3.8, 4) is 0 Å². The highest BCUT2D eigenvalue weighted by atomic mass is 32.2. The molecule has 1 aliphatic heterocycles. The van der Waals surface area contributed by atoms with Crippen molar-refractivity contribution in [3.63, 3.8) is 0 Å². The Labute approximate surface area is 112 Å². The number of thiophene rings is 1. The Morgan fingerprint density at radius 1 is 1.53 bits per heavy atom. The van der Waals surface area contributed by atoms with E-state index in [2.05, 4.69) is 10.6 Å². The van der Waals surface area contributed by atoms with E-state index in [-0.39, 0.29) is 4.88 Å². The van der Waals surface area contributed by atoms with Crippen LogP contribution in [0, 0.1) is 5.92 Å². The fraction of sp³-hybridized carbons (Fsp3) is 0.500. The Morgan fingerprint density at radius 3 is 2.74 bits per heavy atom. The third-order valence-corrected chi connectivity index (χ3v) is 5.26. The summed E-state index contributed by atoms with van der Waals surface area (Å²) in [5, 5.41) is 6.90. The number of carbonyl (C=O) groups excluding carboxylic acids is 1. The van der Waals surface area contributed by atoms with E-state index in [1.165, 1.54) is 5.38 Å². The Bertz CT molecular complexity index is 567. The molecular formula is C10H12F2N2O3S2. The molecule has 1 aromatic heterocycles. The highest BCUT2D eigenvalue weighted by Gasteiger charge is 2.32. The maximum absolute atomic E-state index is 12.5. The summed E-state index contributed by atoms with van der Waals surface area (Å²) in [5.41, 5.74) is 0. The van der Waals surface area contributed by atoms with Gasteiger partial charge >= 0.3 is 5.76 Å². The molecule has 2 rings (SSSR count). The zero-order valence-electron chi connectivity index (χ0n) is 9.73. The molecule has 2 N–H and O–H groups in total. The molecular weight excluding hydrogens is 298 g/mol. The topological polar surface area (TPSA) is 75.3 Å². The minimum absolute atomic E-state index is 0.187. The van der Waals surface area contributed by atoms with E-state index in [1.54, 1.807) is 0 Å². The van der Waals surface area contributed by atoms with Crippen molar-refractivity contribution >= 4 is 27.1 Å². The maximum atomic E-state index is 12.5. The first kappa shape index (κ1) is 14.4. The van der Waals surface area contributed by atoms with E-state index < -0.39 is 26.4 Å². The number of hydrogen-bond acceptors (Lipinski definition) is 5. The molecule has 0 spiro atoms. The lowest BCUT2D eigenvalue weighted by molar-refractivity contribution is 0.0943. The number of carbonyl (C=O) groups is 1. The summed E-state index contributed by atoms with van der Waals surface area (Å²) >= 11 is 0.839. The number of halogens is 2. The van der Waals surface area contributed by atoms with E-state index in [1.807, 2.05) is 0 Å². The third kappa shape index (κ3) is 2.93.